The van der Waals surface area contributed by atoms with Gasteiger partial charge >= 0.3 is 0 Å². The van der Waals surface area contributed by atoms with Crippen LogP contribution in [-0.2, 0) is 4.79 Å². The zero-order valence-corrected chi connectivity index (χ0v) is 13.0. The number of carbonyl (C=O) groups is 1. The number of amides is 1. The molecule has 0 saturated heterocycles. The van der Waals surface area contributed by atoms with E-state index >= 15 is 0 Å². The SMILES string of the molecule is CN(C(=O)/C=C/c1cnc2ccccc2c1)C1CCCCC1. The van der Waals surface area contributed by atoms with Crippen LogP contribution in [0.3, 0.4) is 0 Å². The summed E-state index contributed by atoms with van der Waals surface area (Å²) in [5, 5.41) is 1.10. The number of benzene rings is 1. The van der Waals surface area contributed by atoms with Crippen LogP contribution in [0.5, 0.6) is 0 Å². The maximum atomic E-state index is 12.3. The van der Waals surface area contributed by atoms with E-state index in [2.05, 4.69) is 11.1 Å². The zero-order chi connectivity index (χ0) is 15.4. The minimum Gasteiger partial charge on any atom is -0.339 e. The Balaban J connectivity index is 1.70. The molecule has 0 spiro atoms. The zero-order valence-electron chi connectivity index (χ0n) is 13.0. The Hall–Kier alpha value is -2.16. The van der Waals surface area contributed by atoms with Gasteiger partial charge in [0.1, 0.15) is 0 Å². The largest absolute Gasteiger partial charge is 0.339 e. The van der Waals surface area contributed by atoms with Crippen molar-refractivity contribution in [3.8, 4) is 0 Å². The second-order valence-electron chi connectivity index (χ2n) is 6.04. The molecule has 1 fully saturated rings. The highest BCUT2D eigenvalue weighted by Gasteiger charge is 2.20. The lowest BCUT2D eigenvalue weighted by Crippen LogP contribution is -2.37. The van der Waals surface area contributed by atoms with Gasteiger partial charge in [-0.05, 0) is 36.6 Å². The third-order valence-electron chi connectivity index (χ3n) is 4.50. The fourth-order valence-electron chi connectivity index (χ4n) is 3.11. The van der Waals surface area contributed by atoms with Gasteiger partial charge in [0.2, 0.25) is 5.91 Å². The molecule has 22 heavy (non-hydrogen) atoms. The second-order valence-corrected chi connectivity index (χ2v) is 6.04. The van der Waals surface area contributed by atoms with E-state index in [-0.39, 0.29) is 5.91 Å². The predicted octanol–water partition coefficient (Wildman–Crippen LogP) is 4.04. The lowest BCUT2D eigenvalue weighted by Gasteiger charge is -2.30. The lowest BCUT2D eigenvalue weighted by molar-refractivity contribution is -0.127. The van der Waals surface area contributed by atoms with Crippen LogP contribution >= 0.6 is 0 Å². The molecule has 114 valence electrons. The molecule has 0 unspecified atom stereocenters. The fraction of sp³-hybridized carbons (Fsp3) is 0.368. The number of pyridine rings is 1. The molecule has 2 aromatic rings. The Morgan fingerprint density at radius 1 is 1.23 bits per heavy atom. The van der Waals surface area contributed by atoms with Gasteiger partial charge in [-0.15, -0.1) is 0 Å². The summed E-state index contributed by atoms with van der Waals surface area (Å²) in [6.07, 6.45) is 11.4. The number of rotatable bonds is 3. The summed E-state index contributed by atoms with van der Waals surface area (Å²) in [7, 11) is 1.92. The molecule has 1 aromatic carbocycles. The smallest absolute Gasteiger partial charge is 0.246 e. The van der Waals surface area contributed by atoms with E-state index in [0.717, 1.165) is 29.3 Å². The predicted molar refractivity (Wildman–Crippen MR) is 90.4 cm³/mol. The minimum atomic E-state index is 0.0834. The number of carbonyl (C=O) groups excluding carboxylic acids is 1. The van der Waals surface area contributed by atoms with Gasteiger partial charge in [0, 0.05) is 30.7 Å². The minimum absolute atomic E-state index is 0.0834. The first-order valence-corrected chi connectivity index (χ1v) is 8.04. The number of nitrogens with zero attached hydrogens (tertiary/aromatic N) is 2. The second kappa shape index (κ2) is 6.73. The topological polar surface area (TPSA) is 33.2 Å². The van der Waals surface area contributed by atoms with Gasteiger partial charge < -0.3 is 4.90 Å². The van der Waals surface area contributed by atoms with Crippen LogP contribution in [0.1, 0.15) is 37.7 Å². The highest BCUT2D eigenvalue weighted by Crippen LogP contribution is 2.22. The molecule has 0 atom stereocenters. The standard InChI is InChI=1S/C19H22N2O/c1-21(17-8-3-2-4-9-17)19(22)12-11-15-13-16-7-5-6-10-18(16)20-14-15/h5-7,10-14,17H,2-4,8-9H2,1H3/b12-11+. The third-order valence-corrected chi connectivity index (χ3v) is 4.50. The van der Waals surface area contributed by atoms with Gasteiger partial charge in [0.15, 0.2) is 0 Å². The Labute approximate surface area is 131 Å². The Kier molecular flexibility index (Phi) is 4.52. The number of fused-ring (bicyclic) bond motifs is 1. The average Bonchev–Trinajstić information content (AvgIpc) is 2.59. The summed E-state index contributed by atoms with van der Waals surface area (Å²) in [6, 6.07) is 10.5. The first kappa shape index (κ1) is 14.8. The van der Waals surface area contributed by atoms with E-state index in [9.17, 15) is 4.79 Å². The van der Waals surface area contributed by atoms with Gasteiger partial charge in [-0.2, -0.15) is 0 Å². The summed E-state index contributed by atoms with van der Waals surface area (Å²) in [4.78, 5) is 18.6. The molecule has 3 rings (SSSR count). The first-order chi connectivity index (χ1) is 10.7. The van der Waals surface area contributed by atoms with Crippen LogP contribution in [0.4, 0.5) is 0 Å². The van der Waals surface area contributed by atoms with Crippen molar-refractivity contribution in [1.82, 2.24) is 9.88 Å². The van der Waals surface area contributed by atoms with E-state index in [0.29, 0.717) is 6.04 Å². The highest BCUT2D eigenvalue weighted by molar-refractivity contribution is 5.92. The van der Waals surface area contributed by atoms with Gasteiger partial charge in [-0.1, -0.05) is 37.5 Å². The average molecular weight is 294 g/mol. The first-order valence-electron chi connectivity index (χ1n) is 8.04. The number of para-hydroxylation sites is 1. The molecule has 1 aliphatic rings. The van der Waals surface area contributed by atoms with Gasteiger partial charge in [-0.25, -0.2) is 0 Å². The maximum absolute atomic E-state index is 12.3. The van der Waals surface area contributed by atoms with Crippen molar-refractivity contribution in [2.45, 2.75) is 38.1 Å². The highest BCUT2D eigenvalue weighted by atomic mass is 16.2. The molecule has 0 bridgehead atoms. The molecule has 0 radical (unpaired) electrons. The molecule has 0 aliphatic heterocycles. The summed E-state index contributed by atoms with van der Waals surface area (Å²) in [5.41, 5.74) is 1.94. The Bertz CT molecular complexity index is 687. The summed E-state index contributed by atoms with van der Waals surface area (Å²) >= 11 is 0. The van der Waals surface area contributed by atoms with Crippen LogP contribution in [0.2, 0.25) is 0 Å². The molecule has 1 aromatic heterocycles. The van der Waals surface area contributed by atoms with Gasteiger partial charge in [0.05, 0.1) is 5.52 Å². The molecule has 3 heteroatoms. The quantitative estimate of drug-likeness (QED) is 0.800. The normalized spacial score (nSPS) is 16.2. The van der Waals surface area contributed by atoms with Crippen LogP contribution in [0, 0.1) is 0 Å². The van der Waals surface area contributed by atoms with Crippen molar-refractivity contribution in [2.75, 3.05) is 7.05 Å². The molecule has 1 heterocycles. The fourth-order valence-corrected chi connectivity index (χ4v) is 3.11. The van der Waals surface area contributed by atoms with Crippen LogP contribution < -0.4 is 0 Å². The van der Waals surface area contributed by atoms with Crippen molar-refractivity contribution in [2.24, 2.45) is 0 Å². The van der Waals surface area contributed by atoms with Crippen molar-refractivity contribution < 1.29 is 4.79 Å². The number of aromatic nitrogens is 1. The van der Waals surface area contributed by atoms with Crippen LogP contribution in [-0.4, -0.2) is 28.9 Å². The summed E-state index contributed by atoms with van der Waals surface area (Å²) < 4.78 is 0. The van der Waals surface area contributed by atoms with Crippen LogP contribution in [0.25, 0.3) is 17.0 Å². The Morgan fingerprint density at radius 2 is 2.00 bits per heavy atom. The van der Waals surface area contributed by atoms with Crippen molar-refractivity contribution in [3.63, 3.8) is 0 Å². The maximum Gasteiger partial charge on any atom is 0.246 e. The Morgan fingerprint density at radius 3 is 2.82 bits per heavy atom. The summed E-state index contributed by atoms with van der Waals surface area (Å²) in [6.45, 7) is 0. The molecule has 3 nitrogen and oxygen atoms in total. The molecule has 1 amide bonds. The molecule has 1 saturated carbocycles. The van der Waals surface area contributed by atoms with Crippen molar-refractivity contribution in [3.05, 3.63) is 48.2 Å². The van der Waals surface area contributed by atoms with E-state index in [1.807, 2.05) is 48.5 Å². The number of likely N-dealkylation sites (N-methyl/N-ethyl adjacent to an activating group) is 1. The van der Waals surface area contributed by atoms with E-state index in [4.69, 9.17) is 0 Å². The van der Waals surface area contributed by atoms with E-state index in [1.54, 1.807) is 6.08 Å². The van der Waals surface area contributed by atoms with E-state index < -0.39 is 0 Å². The lowest BCUT2D eigenvalue weighted by atomic mass is 9.94. The van der Waals surface area contributed by atoms with Gasteiger partial charge in [0.25, 0.3) is 0 Å². The third kappa shape index (κ3) is 3.35. The molecule has 0 N–H and O–H groups in total. The molecular formula is C19H22N2O. The van der Waals surface area contributed by atoms with Crippen LogP contribution in [0.15, 0.2) is 42.6 Å². The van der Waals surface area contributed by atoms with Crippen molar-refractivity contribution >= 4 is 22.9 Å². The molecule has 1 aliphatic carbocycles. The summed E-state index contributed by atoms with van der Waals surface area (Å²) in [5.74, 6) is 0.0834. The van der Waals surface area contributed by atoms with Crippen molar-refractivity contribution in [1.29, 1.82) is 0 Å². The van der Waals surface area contributed by atoms with E-state index in [1.165, 1.54) is 19.3 Å². The molecular weight excluding hydrogens is 272 g/mol. The van der Waals surface area contributed by atoms with Gasteiger partial charge in [-0.3, -0.25) is 9.78 Å². The number of hydrogen-bond donors (Lipinski definition) is 0. The monoisotopic (exact) mass is 294 g/mol. The number of hydrogen-bond acceptors (Lipinski definition) is 2.